The standard InChI is InChI=1S/C16H18ClN5O2/c1-23-15-4-3-12(7-13(15)17)16-14(20-11-24-16)8-18-5-2-6-22-10-19-9-21-22/h3-4,7,9-11,18H,2,5-6,8H2,1H3. The Kier molecular flexibility index (Phi) is 5.45. The van der Waals surface area contributed by atoms with Gasteiger partial charge in [-0.3, -0.25) is 4.68 Å². The van der Waals surface area contributed by atoms with Crippen molar-refractivity contribution >= 4 is 11.6 Å². The number of benzene rings is 1. The Morgan fingerprint density at radius 3 is 3.04 bits per heavy atom. The second-order valence-corrected chi connectivity index (χ2v) is 5.57. The normalized spacial score (nSPS) is 10.9. The first-order valence-corrected chi connectivity index (χ1v) is 7.95. The molecule has 24 heavy (non-hydrogen) atoms. The summed E-state index contributed by atoms with van der Waals surface area (Å²) in [6, 6.07) is 5.53. The molecule has 0 saturated carbocycles. The summed E-state index contributed by atoms with van der Waals surface area (Å²) in [7, 11) is 1.59. The van der Waals surface area contributed by atoms with Gasteiger partial charge in [0.25, 0.3) is 0 Å². The fraction of sp³-hybridized carbons (Fsp3) is 0.312. The van der Waals surface area contributed by atoms with Crippen molar-refractivity contribution in [1.82, 2.24) is 25.1 Å². The lowest BCUT2D eigenvalue weighted by Crippen LogP contribution is -2.17. The van der Waals surface area contributed by atoms with Crippen molar-refractivity contribution in [3.05, 3.63) is 48.0 Å². The van der Waals surface area contributed by atoms with Crippen molar-refractivity contribution in [1.29, 1.82) is 0 Å². The zero-order chi connectivity index (χ0) is 16.8. The van der Waals surface area contributed by atoms with Gasteiger partial charge < -0.3 is 14.5 Å². The number of aryl methyl sites for hydroxylation is 1. The molecule has 0 aliphatic carbocycles. The van der Waals surface area contributed by atoms with Crippen molar-refractivity contribution in [2.24, 2.45) is 0 Å². The highest BCUT2D eigenvalue weighted by molar-refractivity contribution is 6.32. The van der Waals surface area contributed by atoms with Gasteiger partial charge in [-0.15, -0.1) is 0 Å². The third-order valence-corrected chi connectivity index (χ3v) is 3.85. The molecule has 0 radical (unpaired) electrons. The number of nitrogens with zero attached hydrogens (tertiary/aromatic N) is 4. The van der Waals surface area contributed by atoms with Crippen LogP contribution in [0.1, 0.15) is 12.1 Å². The van der Waals surface area contributed by atoms with E-state index in [1.54, 1.807) is 13.4 Å². The minimum Gasteiger partial charge on any atom is -0.495 e. The first-order chi connectivity index (χ1) is 11.8. The monoisotopic (exact) mass is 347 g/mol. The van der Waals surface area contributed by atoms with Gasteiger partial charge >= 0.3 is 0 Å². The number of oxazole rings is 1. The Balaban J connectivity index is 1.56. The Hall–Kier alpha value is -2.38. The zero-order valence-electron chi connectivity index (χ0n) is 13.3. The van der Waals surface area contributed by atoms with Crippen LogP contribution in [0.25, 0.3) is 11.3 Å². The zero-order valence-corrected chi connectivity index (χ0v) is 14.0. The van der Waals surface area contributed by atoms with Crippen molar-refractivity contribution in [2.45, 2.75) is 19.5 Å². The van der Waals surface area contributed by atoms with Gasteiger partial charge in [0, 0.05) is 18.7 Å². The predicted molar refractivity (Wildman–Crippen MR) is 89.8 cm³/mol. The third kappa shape index (κ3) is 3.93. The lowest BCUT2D eigenvalue weighted by atomic mass is 10.1. The Morgan fingerprint density at radius 1 is 1.38 bits per heavy atom. The average Bonchev–Trinajstić information content (AvgIpc) is 3.26. The van der Waals surface area contributed by atoms with E-state index in [4.69, 9.17) is 20.8 Å². The Bertz CT molecular complexity index is 773. The number of hydrogen-bond acceptors (Lipinski definition) is 6. The molecule has 0 amide bonds. The van der Waals surface area contributed by atoms with Crippen LogP contribution < -0.4 is 10.1 Å². The Labute approximate surface area is 144 Å². The van der Waals surface area contributed by atoms with Crippen LogP contribution in [-0.4, -0.2) is 33.4 Å². The molecule has 0 saturated heterocycles. The molecule has 0 fully saturated rings. The Morgan fingerprint density at radius 2 is 2.29 bits per heavy atom. The van der Waals surface area contributed by atoms with Crippen LogP contribution in [0.5, 0.6) is 5.75 Å². The third-order valence-electron chi connectivity index (χ3n) is 3.55. The summed E-state index contributed by atoms with van der Waals surface area (Å²) in [6.45, 7) is 2.29. The number of rotatable bonds is 8. The maximum atomic E-state index is 6.18. The summed E-state index contributed by atoms with van der Waals surface area (Å²) in [5.41, 5.74) is 1.72. The maximum Gasteiger partial charge on any atom is 0.181 e. The van der Waals surface area contributed by atoms with Crippen LogP contribution in [0.15, 0.2) is 41.7 Å². The van der Waals surface area contributed by atoms with E-state index >= 15 is 0 Å². The molecule has 0 bridgehead atoms. The van der Waals surface area contributed by atoms with E-state index in [1.165, 1.54) is 12.7 Å². The molecule has 1 aromatic carbocycles. The SMILES string of the molecule is COc1ccc(-c2ocnc2CNCCCn2cncn2)cc1Cl. The van der Waals surface area contributed by atoms with E-state index in [0.717, 1.165) is 30.8 Å². The minimum atomic E-state index is 0.540. The van der Waals surface area contributed by atoms with Crippen molar-refractivity contribution in [3.8, 4) is 17.1 Å². The summed E-state index contributed by atoms with van der Waals surface area (Å²) >= 11 is 6.18. The van der Waals surface area contributed by atoms with Gasteiger partial charge in [-0.1, -0.05) is 11.6 Å². The molecular weight excluding hydrogens is 330 g/mol. The molecule has 0 aliphatic rings. The van der Waals surface area contributed by atoms with E-state index in [2.05, 4.69) is 20.4 Å². The van der Waals surface area contributed by atoms with Crippen LogP contribution in [0, 0.1) is 0 Å². The molecule has 0 aliphatic heterocycles. The van der Waals surface area contributed by atoms with Crippen LogP contribution in [0.4, 0.5) is 0 Å². The molecule has 7 nitrogen and oxygen atoms in total. The minimum absolute atomic E-state index is 0.540. The van der Waals surface area contributed by atoms with Crippen molar-refractivity contribution in [3.63, 3.8) is 0 Å². The van der Waals surface area contributed by atoms with Gasteiger partial charge in [0.2, 0.25) is 0 Å². The number of halogens is 1. The van der Waals surface area contributed by atoms with E-state index < -0.39 is 0 Å². The molecule has 3 aromatic rings. The summed E-state index contributed by atoms with van der Waals surface area (Å²) in [5, 5.41) is 7.96. The number of methoxy groups -OCH3 is 1. The van der Waals surface area contributed by atoms with E-state index in [1.807, 2.05) is 22.9 Å². The second kappa shape index (κ2) is 7.94. The molecule has 0 spiro atoms. The molecule has 2 heterocycles. The molecule has 1 N–H and O–H groups in total. The predicted octanol–water partition coefficient (Wildman–Crippen LogP) is 2.78. The highest BCUT2D eigenvalue weighted by atomic mass is 35.5. The summed E-state index contributed by atoms with van der Waals surface area (Å²) < 4.78 is 12.5. The lowest BCUT2D eigenvalue weighted by molar-refractivity contribution is 0.415. The number of ether oxygens (including phenoxy) is 1. The lowest BCUT2D eigenvalue weighted by Gasteiger charge is -2.07. The van der Waals surface area contributed by atoms with Gasteiger partial charge in [-0.05, 0) is 31.2 Å². The molecule has 126 valence electrons. The van der Waals surface area contributed by atoms with Crippen LogP contribution in [0.2, 0.25) is 5.02 Å². The summed E-state index contributed by atoms with van der Waals surface area (Å²) in [4.78, 5) is 8.20. The van der Waals surface area contributed by atoms with Crippen LogP contribution in [-0.2, 0) is 13.1 Å². The highest BCUT2D eigenvalue weighted by Gasteiger charge is 2.12. The quantitative estimate of drug-likeness (QED) is 0.631. The molecule has 8 heteroatoms. The van der Waals surface area contributed by atoms with Crippen molar-refractivity contribution < 1.29 is 9.15 Å². The molecular formula is C16H18ClN5O2. The first kappa shape index (κ1) is 16.5. The maximum absolute atomic E-state index is 6.18. The first-order valence-electron chi connectivity index (χ1n) is 7.57. The van der Waals surface area contributed by atoms with Crippen molar-refractivity contribution in [2.75, 3.05) is 13.7 Å². The van der Waals surface area contributed by atoms with E-state index in [9.17, 15) is 0 Å². The van der Waals surface area contributed by atoms with Gasteiger partial charge in [-0.25, -0.2) is 9.97 Å². The topological polar surface area (TPSA) is 78.0 Å². The molecule has 0 unspecified atom stereocenters. The van der Waals surface area contributed by atoms with Gasteiger partial charge in [0.05, 0.1) is 12.1 Å². The largest absolute Gasteiger partial charge is 0.495 e. The fourth-order valence-corrected chi connectivity index (χ4v) is 2.62. The van der Waals surface area contributed by atoms with Crippen LogP contribution >= 0.6 is 11.6 Å². The number of nitrogens with one attached hydrogen (secondary N) is 1. The highest BCUT2D eigenvalue weighted by Crippen LogP contribution is 2.31. The van der Waals surface area contributed by atoms with Gasteiger partial charge in [0.15, 0.2) is 12.2 Å². The van der Waals surface area contributed by atoms with E-state index in [0.29, 0.717) is 23.1 Å². The average molecular weight is 348 g/mol. The summed E-state index contributed by atoms with van der Waals surface area (Å²) in [6.07, 6.45) is 5.64. The molecule has 2 aromatic heterocycles. The fourth-order valence-electron chi connectivity index (χ4n) is 2.36. The second-order valence-electron chi connectivity index (χ2n) is 5.17. The van der Waals surface area contributed by atoms with E-state index in [-0.39, 0.29) is 0 Å². The number of hydrogen-bond donors (Lipinski definition) is 1. The van der Waals surface area contributed by atoms with Gasteiger partial charge in [-0.2, -0.15) is 5.10 Å². The van der Waals surface area contributed by atoms with Crippen LogP contribution in [0.3, 0.4) is 0 Å². The molecule has 3 rings (SSSR count). The smallest absolute Gasteiger partial charge is 0.181 e. The molecule has 0 atom stereocenters. The number of aromatic nitrogens is 4. The summed E-state index contributed by atoms with van der Waals surface area (Å²) in [5.74, 6) is 1.34. The van der Waals surface area contributed by atoms with Gasteiger partial charge in [0.1, 0.15) is 24.1 Å².